The van der Waals surface area contributed by atoms with E-state index in [2.05, 4.69) is 20.6 Å². The maximum absolute atomic E-state index is 12.5. The third-order valence-corrected chi connectivity index (χ3v) is 4.94. The van der Waals surface area contributed by atoms with Crippen LogP contribution in [-0.2, 0) is 17.8 Å². The van der Waals surface area contributed by atoms with Crippen LogP contribution in [0.4, 0.5) is 0 Å². The number of ether oxygens (including phenoxy) is 1. The van der Waals surface area contributed by atoms with Crippen molar-refractivity contribution in [3.63, 3.8) is 0 Å². The summed E-state index contributed by atoms with van der Waals surface area (Å²) in [4.78, 5) is 33.6. The molecule has 172 valence electrons. The van der Waals surface area contributed by atoms with Gasteiger partial charge in [-0.2, -0.15) is 0 Å². The molecule has 0 bridgehead atoms. The van der Waals surface area contributed by atoms with E-state index in [9.17, 15) is 9.59 Å². The zero-order valence-electron chi connectivity index (χ0n) is 19.0. The molecule has 4 aromatic rings. The van der Waals surface area contributed by atoms with Crippen molar-refractivity contribution in [2.24, 2.45) is 0 Å². The van der Waals surface area contributed by atoms with Crippen molar-refractivity contribution in [3.8, 4) is 0 Å². The van der Waals surface area contributed by atoms with Crippen molar-refractivity contribution >= 4 is 17.2 Å². The first-order chi connectivity index (χ1) is 15.8. The van der Waals surface area contributed by atoms with Crippen molar-refractivity contribution in [2.75, 3.05) is 13.2 Å². The molecule has 0 radical (unpaired) electrons. The molecule has 1 amide bonds. The SMILES string of the molecule is CC(C)(C)OCCNCc1ccc2nc(CNC(=O)c3cc(=O)n4ccccc4n3)cn2c1. The van der Waals surface area contributed by atoms with Crippen LogP contribution in [0.3, 0.4) is 0 Å². The Morgan fingerprint density at radius 1 is 1.06 bits per heavy atom. The molecule has 0 aromatic carbocycles. The number of nitrogens with one attached hydrogen (secondary N) is 2. The summed E-state index contributed by atoms with van der Waals surface area (Å²) < 4.78 is 9.04. The maximum atomic E-state index is 12.5. The van der Waals surface area contributed by atoms with Gasteiger partial charge in [0.15, 0.2) is 0 Å². The Balaban J connectivity index is 1.35. The van der Waals surface area contributed by atoms with Crippen molar-refractivity contribution in [3.05, 3.63) is 82.3 Å². The minimum absolute atomic E-state index is 0.0822. The third-order valence-electron chi connectivity index (χ3n) is 4.94. The van der Waals surface area contributed by atoms with E-state index in [-0.39, 0.29) is 23.4 Å². The second-order valence-corrected chi connectivity index (χ2v) is 8.76. The molecule has 9 nitrogen and oxygen atoms in total. The number of hydrogen-bond donors (Lipinski definition) is 2. The second-order valence-electron chi connectivity index (χ2n) is 8.76. The molecule has 4 aromatic heterocycles. The standard InChI is InChI=1S/C24H28N6O3/c1-24(2,3)33-11-9-25-13-17-7-8-20-27-18(16-29(20)15-17)14-26-23(32)19-12-22(31)30-10-5-4-6-21(30)28-19/h4-8,10,12,15-16,25H,9,11,13-14H2,1-3H3,(H,26,32). The lowest BCUT2D eigenvalue weighted by atomic mass is 10.2. The van der Waals surface area contributed by atoms with Crippen molar-refractivity contribution in [1.29, 1.82) is 0 Å². The molecule has 0 aliphatic carbocycles. The Labute approximate surface area is 191 Å². The molecular weight excluding hydrogens is 420 g/mol. The van der Waals surface area contributed by atoms with Gasteiger partial charge in [0.05, 0.1) is 24.4 Å². The van der Waals surface area contributed by atoms with Crippen LogP contribution in [-0.4, -0.2) is 43.4 Å². The Morgan fingerprint density at radius 3 is 2.73 bits per heavy atom. The smallest absolute Gasteiger partial charge is 0.270 e. The van der Waals surface area contributed by atoms with Gasteiger partial charge in [-0.1, -0.05) is 12.1 Å². The minimum atomic E-state index is -0.419. The van der Waals surface area contributed by atoms with Gasteiger partial charge in [-0.05, 0) is 44.5 Å². The van der Waals surface area contributed by atoms with Gasteiger partial charge in [0.2, 0.25) is 0 Å². The highest BCUT2D eigenvalue weighted by atomic mass is 16.5. The van der Waals surface area contributed by atoms with Crippen LogP contribution in [0, 0.1) is 0 Å². The van der Waals surface area contributed by atoms with Gasteiger partial charge in [0, 0.05) is 37.7 Å². The summed E-state index contributed by atoms with van der Waals surface area (Å²) in [6, 6.07) is 10.4. The molecule has 4 rings (SSSR count). The first kappa shape index (κ1) is 22.6. The molecule has 0 atom stereocenters. The number of fused-ring (bicyclic) bond motifs is 2. The molecule has 0 spiro atoms. The molecule has 0 fully saturated rings. The molecule has 33 heavy (non-hydrogen) atoms. The van der Waals surface area contributed by atoms with E-state index in [1.54, 1.807) is 24.4 Å². The Bertz CT molecular complexity index is 1340. The molecule has 0 saturated heterocycles. The van der Waals surface area contributed by atoms with E-state index in [0.717, 1.165) is 24.3 Å². The monoisotopic (exact) mass is 448 g/mol. The van der Waals surface area contributed by atoms with Gasteiger partial charge in [-0.25, -0.2) is 9.97 Å². The highest BCUT2D eigenvalue weighted by Gasteiger charge is 2.12. The number of carbonyl (C=O) groups excluding carboxylic acids is 1. The number of aromatic nitrogens is 4. The zero-order chi connectivity index (χ0) is 23.4. The van der Waals surface area contributed by atoms with Crippen LogP contribution in [0.1, 0.15) is 42.5 Å². The lowest BCUT2D eigenvalue weighted by molar-refractivity contribution is -0.000891. The fourth-order valence-electron chi connectivity index (χ4n) is 3.37. The van der Waals surface area contributed by atoms with Crippen molar-refractivity contribution in [1.82, 2.24) is 29.4 Å². The van der Waals surface area contributed by atoms with E-state index in [4.69, 9.17) is 4.74 Å². The summed E-state index contributed by atoms with van der Waals surface area (Å²) in [5.41, 5.74) is 2.69. The van der Waals surface area contributed by atoms with Crippen LogP contribution in [0.2, 0.25) is 0 Å². The molecule has 0 unspecified atom stereocenters. The molecule has 0 saturated carbocycles. The summed E-state index contributed by atoms with van der Waals surface area (Å²) in [5.74, 6) is -0.419. The summed E-state index contributed by atoms with van der Waals surface area (Å²) in [5, 5.41) is 6.16. The number of nitrogens with zero attached hydrogens (tertiary/aromatic N) is 4. The maximum Gasteiger partial charge on any atom is 0.270 e. The molecule has 0 aliphatic rings. The van der Waals surface area contributed by atoms with Crippen LogP contribution in [0.25, 0.3) is 11.3 Å². The van der Waals surface area contributed by atoms with Gasteiger partial charge in [-0.3, -0.25) is 14.0 Å². The van der Waals surface area contributed by atoms with Crippen molar-refractivity contribution in [2.45, 2.75) is 39.5 Å². The average Bonchev–Trinajstić information content (AvgIpc) is 3.18. The van der Waals surface area contributed by atoms with Gasteiger partial charge in [0.1, 0.15) is 17.0 Å². The van der Waals surface area contributed by atoms with Crippen LogP contribution in [0.15, 0.2) is 59.8 Å². The molecular formula is C24H28N6O3. The molecule has 9 heteroatoms. The summed E-state index contributed by atoms with van der Waals surface area (Å²) in [6.45, 7) is 8.49. The number of imidazole rings is 1. The first-order valence-corrected chi connectivity index (χ1v) is 10.9. The number of amides is 1. The number of rotatable bonds is 8. The second kappa shape index (κ2) is 9.51. The Morgan fingerprint density at radius 2 is 1.91 bits per heavy atom. The fourth-order valence-corrected chi connectivity index (χ4v) is 3.37. The van der Waals surface area contributed by atoms with E-state index in [1.165, 1.54) is 10.5 Å². The lowest BCUT2D eigenvalue weighted by Gasteiger charge is -2.19. The highest BCUT2D eigenvalue weighted by molar-refractivity contribution is 5.92. The van der Waals surface area contributed by atoms with Crippen molar-refractivity contribution < 1.29 is 9.53 Å². The normalized spacial score (nSPS) is 11.8. The van der Waals surface area contributed by atoms with E-state index in [1.807, 2.05) is 49.7 Å². The molecule has 4 heterocycles. The zero-order valence-corrected chi connectivity index (χ0v) is 19.0. The Kier molecular flexibility index (Phi) is 6.52. The largest absolute Gasteiger partial charge is 0.375 e. The topological polar surface area (TPSA) is 102 Å². The van der Waals surface area contributed by atoms with E-state index >= 15 is 0 Å². The third kappa shape index (κ3) is 5.82. The minimum Gasteiger partial charge on any atom is -0.375 e. The fraction of sp³-hybridized carbons (Fsp3) is 0.333. The summed E-state index contributed by atoms with van der Waals surface area (Å²) in [7, 11) is 0. The summed E-state index contributed by atoms with van der Waals surface area (Å²) in [6.07, 6.45) is 5.51. The number of pyridine rings is 2. The lowest BCUT2D eigenvalue weighted by Crippen LogP contribution is -2.27. The highest BCUT2D eigenvalue weighted by Crippen LogP contribution is 2.09. The first-order valence-electron chi connectivity index (χ1n) is 10.9. The number of carbonyl (C=O) groups is 1. The number of hydrogen-bond acceptors (Lipinski definition) is 6. The van der Waals surface area contributed by atoms with E-state index < -0.39 is 5.91 Å². The van der Waals surface area contributed by atoms with E-state index in [0.29, 0.717) is 17.9 Å². The summed E-state index contributed by atoms with van der Waals surface area (Å²) >= 11 is 0. The predicted octanol–water partition coefficient (Wildman–Crippen LogP) is 2.18. The Hall–Kier alpha value is -3.56. The van der Waals surface area contributed by atoms with Crippen LogP contribution >= 0.6 is 0 Å². The van der Waals surface area contributed by atoms with Gasteiger partial charge in [-0.15, -0.1) is 0 Å². The quantitative estimate of drug-likeness (QED) is 0.401. The predicted molar refractivity (Wildman–Crippen MR) is 125 cm³/mol. The van der Waals surface area contributed by atoms with Crippen LogP contribution in [0.5, 0.6) is 0 Å². The van der Waals surface area contributed by atoms with Gasteiger partial charge < -0.3 is 19.8 Å². The molecule has 0 aliphatic heterocycles. The van der Waals surface area contributed by atoms with Crippen LogP contribution < -0.4 is 16.2 Å². The van der Waals surface area contributed by atoms with Gasteiger partial charge >= 0.3 is 0 Å². The molecule has 2 N–H and O–H groups in total. The average molecular weight is 449 g/mol. The van der Waals surface area contributed by atoms with Gasteiger partial charge in [0.25, 0.3) is 11.5 Å².